The Kier molecular flexibility index (Phi) is 5.83. The standard InChI is InChI=1S/C18H27N3O3/c1-18(2,13-20(3)4)12-19-16(22)10-7-11-21-14-8-5-6-9-15(14)24-17(21)23/h5-6,8-9H,7,10-13H2,1-4H3,(H,19,22). The third kappa shape index (κ3) is 4.96. The van der Waals surface area contributed by atoms with E-state index in [2.05, 4.69) is 24.1 Å². The SMILES string of the molecule is CN(C)CC(C)(C)CNC(=O)CCCn1c(=O)oc2ccccc21. The molecule has 0 bridgehead atoms. The molecule has 0 aliphatic carbocycles. The number of nitrogens with one attached hydrogen (secondary N) is 1. The number of rotatable bonds is 8. The number of hydrogen-bond donors (Lipinski definition) is 1. The number of amides is 1. The number of carbonyl (C=O) groups excluding carboxylic acids is 1. The van der Waals surface area contributed by atoms with Crippen molar-refractivity contribution in [3.8, 4) is 0 Å². The minimum atomic E-state index is -0.372. The van der Waals surface area contributed by atoms with Crippen molar-refractivity contribution in [2.24, 2.45) is 5.41 Å². The van der Waals surface area contributed by atoms with Crippen LogP contribution in [0.25, 0.3) is 11.1 Å². The number of para-hydroxylation sites is 2. The Bertz CT molecular complexity index is 743. The Morgan fingerprint density at radius 2 is 2.00 bits per heavy atom. The van der Waals surface area contributed by atoms with E-state index in [0.717, 1.165) is 12.1 Å². The number of nitrogens with zero attached hydrogens (tertiary/aromatic N) is 2. The lowest BCUT2D eigenvalue weighted by molar-refractivity contribution is -0.121. The number of fused-ring (bicyclic) bond motifs is 1. The quantitative estimate of drug-likeness (QED) is 0.803. The molecule has 0 saturated heterocycles. The highest BCUT2D eigenvalue weighted by molar-refractivity contribution is 5.76. The Morgan fingerprint density at radius 3 is 2.71 bits per heavy atom. The Balaban J connectivity index is 1.82. The summed E-state index contributed by atoms with van der Waals surface area (Å²) in [5, 5.41) is 2.98. The molecule has 0 fully saturated rings. The maximum absolute atomic E-state index is 12.0. The summed E-state index contributed by atoms with van der Waals surface area (Å²) in [6.07, 6.45) is 0.993. The van der Waals surface area contributed by atoms with Crippen molar-refractivity contribution in [2.45, 2.75) is 33.2 Å². The second kappa shape index (κ2) is 7.66. The summed E-state index contributed by atoms with van der Waals surface area (Å²) in [6, 6.07) is 7.32. The van der Waals surface area contributed by atoms with Gasteiger partial charge in [-0.25, -0.2) is 4.79 Å². The van der Waals surface area contributed by atoms with Crippen molar-refractivity contribution in [3.05, 3.63) is 34.8 Å². The molecule has 24 heavy (non-hydrogen) atoms. The fourth-order valence-corrected chi connectivity index (χ4v) is 2.96. The van der Waals surface area contributed by atoms with Crippen LogP contribution in [0, 0.1) is 5.41 Å². The smallest absolute Gasteiger partial charge is 0.408 e. The monoisotopic (exact) mass is 333 g/mol. The van der Waals surface area contributed by atoms with E-state index in [9.17, 15) is 9.59 Å². The van der Waals surface area contributed by atoms with E-state index in [0.29, 0.717) is 31.5 Å². The molecule has 1 aromatic heterocycles. The van der Waals surface area contributed by atoms with Crippen LogP contribution in [0.1, 0.15) is 26.7 Å². The van der Waals surface area contributed by atoms with Crippen LogP contribution < -0.4 is 11.1 Å². The van der Waals surface area contributed by atoms with Crippen LogP contribution in [0.2, 0.25) is 0 Å². The first-order chi connectivity index (χ1) is 11.3. The molecule has 0 atom stereocenters. The van der Waals surface area contributed by atoms with Gasteiger partial charge >= 0.3 is 5.76 Å². The fraction of sp³-hybridized carbons (Fsp3) is 0.556. The van der Waals surface area contributed by atoms with Gasteiger partial charge < -0.3 is 14.6 Å². The molecule has 6 nitrogen and oxygen atoms in total. The molecule has 6 heteroatoms. The predicted octanol–water partition coefficient (Wildman–Crippen LogP) is 2.08. The molecular weight excluding hydrogens is 306 g/mol. The van der Waals surface area contributed by atoms with E-state index in [-0.39, 0.29) is 17.1 Å². The van der Waals surface area contributed by atoms with Gasteiger partial charge in [0.15, 0.2) is 5.58 Å². The number of aryl methyl sites for hydroxylation is 1. The third-order valence-electron chi connectivity index (χ3n) is 3.87. The highest BCUT2D eigenvalue weighted by Gasteiger charge is 2.19. The van der Waals surface area contributed by atoms with Crippen LogP contribution in [-0.2, 0) is 11.3 Å². The number of hydrogen-bond acceptors (Lipinski definition) is 4. The van der Waals surface area contributed by atoms with Crippen LogP contribution in [0.5, 0.6) is 0 Å². The molecule has 0 unspecified atom stereocenters. The minimum absolute atomic E-state index is 0.0164. The van der Waals surface area contributed by atoms with E-state index >= 15 is 0 Å². The van der Waals surface area contributed by atoms with Crippen LogP contribution in [0.4, 0.5) is 0 Å². The lowest BCUT2D eigenvalue weighted by atomic mass is 9.93. The summed E-state index contributed by atoms with van der Waals surface area (Å²) in [4.78, 5) is 26.0. The van der Waals surface area contributed by atoms with E-state index < -0.39 is 0 Å². The van der Waals surface area contributed by atoms with Gasteiger partial charge in [-0.05, 0) is 38.1 Å². The lowest BCUT2D eigenvalue weighted by Gasteiger charge is -2.28. The zero-order valence-electron chi connectivity index (χ0n) is 15.0. The summed E-state index contributed by atoms with van der Waals surface area (Å²) in [5.41, 5.74) is 1.38. The van der Waals surface area contributed by atoms with Crippen molar-refractivity contribution in [1.82, 2.24) is 14.8 Å². The van der Waals surface area contributed by atoms with Gasteiger partial charge in [-0.15, -0.1) is 0 Å². The predicted molar refractivity (Wildman–Crippen MR) is 95.1 cm³/mol. The van der Waals surface area contributed by atoms with Crippen molar-refractivity contribution < 1.29 is 9.21 Å². The van der Waals surface area contributed by atoms with Crippen molar-refractivity contribution in [1.29, 1.82) is 0 Å². The summed E-state index contributed by atoms with van der Waals surface area (Å²) in [6.45, 7) is 6.28. The molecule has 132 valence electrons. The molecule has 2 aromatic rings. The van der Waals surface area contributed by atoms with Gasteiger partial charge in [0.2, 0.25) is 5.91 Å². The minimum Gasteiger partial charge on any atom is -0.408 e. The Morgan fingerprint density at radius 1 is 1.29 bits per heavy atom. The summed E-state index contributed by atoms with van der Waals surface area (Å²) >= 11 is 0. The maximum atomic E-state index is 12.0. The van der Waals surface area contributed by atoms with E-state index in [1.807, 2.05) is 32.3 Å². The molecular formula is C18H27N3O3. The molecule has 0 spiro atoms. The van der Waals surface area contributed by atoms with Crippen molar-refractivity contribution in [2.75, 3.05) is 27.2 Å². The fourth-order valence-electron chi connectivity index (χ4n) is 2.96. The third-order valence-corrected chi connectivity index (χ3v) is 3.87. The highest BCUT2D eigenvalue weighted by Crippen LogP contribution is 2.15. The molecule has 1 N–H and O–H groups in total. The summed E-state index contributed by atoms with van der Waals surface area (Å²) < 4.78 is 6.77. The maximum Gasteiger partial charge on any atom is 0.419 e. The highest BCUT2D eigenvalue weighted by atomic mass is 16.4. The molecule has 0 aliphatic heterocycles. The lowest BCUT2D eigenvalue weighted by Crippen LogP contribution is -2.40. The van der Waals surface area contributed by atoms with Crippen molar-refractivity contribution in [3.63, 3.8) is 0 Å². The summed E-state index contributed by atoms with van der Waals surface area (Å²) in [7, 11) is 4.05. The largest absolute Gasteiger partial charge is 0.419 e. The molecule has 1 heterocycles. The van der Waals surface area contributed by atoms with Gasteiger partial charge in [0.05, 0.1) is 5.52 Å². The molecule has 1 aromatic carbocycles. The van der Waals surface area contributed by atoms with Crippen LogP contribution >= 0.6 is 0 Å². The van der Waals surface area contributed by atoms with Crippen LogP contribution in [0.15, 0.2) is 33.5 Å². The van der Waals surface area contributed by atoms with Gasteiger partial charge in [-0.3, -0.25) is 9.36 Å². The molecule has 2 rings (SSSR count). The van der Waals surface area contributed by atoms with E-state index in [1.165, 1.54) is 0 Å². The molecule has 0 aliphatic rings. The van der Waals surface area contributed by atoms with Crippen LogP contribution in [-0.4, -0.2) is 42.6 Å². The first-order valence-electron chi connectivity index (χ1n) is 8.28. The summed E-state index contributed by atoms with van der Waals surface area (Å²) in [5.74, 6) is -0.355. The number of benzene rings is 1. The first kappa shape index (κ1) is 18.3. The van der Waals surface area contributed by atoms with Gasteiger partial charge in [0.25, 0.3) is 0 Å². The second-order valence-corrected chi connectivity index (χ2v) is 7.27. The van der Waals surface area contributed by atoms with Gasteiger partial charge in [-0.2, -0.15) is 0 Å². The number of oxazole rings is 1. The van der Waals surface area contributed by atoms with E-state index in [1.54, 1.807) is 10.6 Å². The van der Waals surface area contributed by atoms with Gasteiger partial charge in [0.1, 0.15) is 0 Å². The zero-order chi connectivity index (χ0) is 17.7. The normalized spacial score (nSPS) is 12.0. The first-order valence-corrected chi connectivity index (χ1v) is 8.28. The van der Waals surface area contributed by atoms with Crippen molar-refractivity contribution >= 4 is 17.0 Å². The number of aromatic nitrogens is 1. The molecule has 0 radical (unpaired) electrons. The van der Waals surface area contributed by atoms with E-state index in [4.69, 9.17) is 4.42 Å². The number of carbonyl (C=O) groups is 1. The topological polar surface area (TPSA) is 67.5 Å². The van der Waals surface area contributed by atoms with Gasteiger partial charge in [-0.1, -0.05) is 26.0 Å². The average Bonchev–Trinajstić information content (AvgIpc) is 2.80. The zero-order valence-corrected chi connectivity index (χ0v) is 15.0. The van der Waals surface area contributed by atoms with Crippen LogP contribution in [0.3, 0.4) is 0 Å². The molecule has 0 saturated carbocycles. The van der Waals surface area contributed by atoms with Gasteiger partial charge in [0, 0.05) is 26.1 Å². The molecule has 1 amide bonds. The second-order valence-electron chi connectivity index (χ2n) is 7.27. The Hall–Kier alpha value is -2.08. The Labute approximate surface area is 142 Å². The average molecular weight is 333 g/mol.